The van der Waals surface area contributed by atoms with Gasteiger partial charge in [0.1, 0.15) is 0 Å². The number of Topliss-reactive ketones (excluding diaryl/α,β-unsaturated/α-hetero) is 1. The van der Waals surface area contributed by atoms with Crippen LogP contribution in [0.4, 0.5) is 13.2 Å². The van der Waals surface area contributed by atoms with Crippen molar-refractivity contribution in [3.63, 3.8) is 0 Å². The Morgan fingerprint density at radius 1 is 1.35 bits per heavy atom. The quantitative estimate of drug-likeness (QED) is 0.678. The first-order valence-corrected chi connectivity index (χ1v) is 5.56. The highest BCUT2D eigenvalue weighted by atomic mass is 19.4. The molecule has 0 radical (unpaired) electrons. The molecule has 0 bridgehead atoms. The van der Waals surface area contributed by atoms with Gasteiger partial charge in [-0.05, 0) is 6.07 Å². The summed E-state index contributed by atoms with van der Waals surface area (Å²) in [6, 6.07) is 8.58. The van der Waals surface area contributed by atoms with Crippen LogP contribution in [-0.4, -0.2) is 10.9 Å². The number of alkyl halides is 3. The molecule has 1 aromatic heterocycles. The fourth-order valence-corrected chi connectivity index (χ4v) is 1.74. The van der Waals surface area contributed by atoms with Crippen molar-refractivity contribution in [2.45, 2.75) is 13.1 Å². The topological polar surface area (TPSA) is 60.5 Å². The minimum atomic E-state index is -4.58. The molecule has 1 heterocycles. The SMILES string of the molecule is CC(=O)c1cc(C(F)(F)F)[nH][n+]1-c1cccc(C#N)c1. The summed E-state index contributed by atoms with van der Waals surface area (Å²) in [6.07, 6.45) is -4.58. The lowest BCUT2D eigenvalue weighted by Crippen LogP contribution is -2.38. The molecule has 2 aromatic rings. The average molecular weight is 280 g/mol. The molecule has 0 aliphatic heterocycles. The van der Waals surface area contributed by atoms with Gasteiger partial charge in [-0.3, -0.25) is 4.79 Å². The number of hydrogen-bond acceptors (Lipinski definition) is 2. The van der Waals surface area contributed by atoms with Crippen LogP contribution in [0.2, 0.25) is 0 Å². The number of nitrogens with one attached hydrogen (secondary N) is 1. The number of rotatable bonds is 2. The van der Waals surface area contributed by atoms with Gasteiger partial charge in [0.2, 0.25) is 11.5 Å². The lowest BCUT2D eigenvalue weighted by Gasteiger charge is -1.99. The summed E-state index contributed by atoms with van der Waals surface area (Å²) < 4.78 is 39.1. The van der Waals surface area contributed by atoms with Crippen LogP contribution in [0.3, 0.4) is 0 Å². The van der Waals surface area contributed by atoms with Crippen molar-refractivity contribution in [2.24, 2.45) is 0 Å². The molecule has 2 rings (SSSR count). The second-order valence-electron chi connectivity index (χ2n) is 4.11. The molecule has 4 nitrogen and oxygen atoms in total. The zero-order chi connectivity index (χ0) is 14.9. The van der Waals surface area contributed by atoms with Crippen molar-refractivity contribution >= 4 is 5.78 Å². The normalized spacial score (nSPS) is 11.2. The minimum Gasteiger partial charge on any atom is -0.288 e. The molecule has 0 atom stereocenters. The molecule has 1 aromatic carbocycles. The van der Waals surface area contributed by atoms with Gasteiger partial charge in [-0.2, -0.15) is 23.5 Å². The Balaban J connectivity index is 2.63. The van der Waals surface area contributed by atoms with E-state index in [0.717, 1.165) is 10.7 Å². The smallest absolute Gasteiger partial charge is 0.288 e. The van der Waals surface area contributed by atoms with E-state index in [1.807, 2.05) is 6.07 Å². The predicted molar refractivity (Wildman–Crippen MR) is 62.0 cm³/mol. The Labute approximate surface area is 112 Å². The Morgan fingerprint density at radius 3 is 2.60 bits per heavy atom. The van der Waals surface area contributed by atoms with Crippen molar-refractivity contribution in [1.29, 1.82) is 5.26 Å². The molecule has 0 fully saturated rings. The van der Waals surface area contributed by atoms with E-state index >= 15 is 0 Å². The first-order valence-electron chi connectivity index (χ1n) is 5.56. The first-order chi connectivity index (χ1) is 9.32. The number of carbonyl (C=O) groups excluding carboxylic acids is 1. The molecule has 1 N–H and O–H groups in total. The third kappa shape index (κ3) is 2.54. The average Bonchev–Trinajstić information content (AvgIpc) is 2.84. The van der Waals surface area contributed by atoms with Gasteiger partial charge in [-0.15, -0.1) is 0 Å². The number of aromatic nitrogens is 2. The summed E-state index contributed by atoms with van der Waals surface area (Å²) in [6.45, 7) is 1.17. The Hall–Kier alpha value is -2.62. The third-order valence-corrected chi connectivity index (χ3v) is 2.65. The maximum absolute atomic E-state index is 12.7. The van der Waals surface area contributed by atoms with E-state index in [2.05, 4.69) is 5.10 Å². The molecule has 0 spiro atoms. The highest BCUT2D eigenvalue weighted by molar-refractivity contribution is 5.91. The summed E-state index contributed by atoms with van der Waals surface area (Å²) in [7, 11) is 0. The van der Waals surface area contributed by atoms with E-state index in [1.54, 1.807) is 0 Å². The highest BCUT2D eigenvalue weighted by Gasteiger charge is 2.38. The molecule has 0 aliphatic carbocycles. The van der Waals surface area contributed by atoms with E-state index in [1.165, 1.54) is 31.2 Å². The minimum absolute atomic E-state index is 0.132. The maximum Gasteiger partial charge on any atom is 0.436 e. The van der Waals surface area contributed by atoms with Gasteiger partial charge in [-0.1, -0.05) is 10.7 Å². The molecule has 20 heavy (non-hydrogen) atoms. The number of carbonyl (C=O) groups is 1. The number of aromatic amines is 1. The van der Waals surface area contributed by atoms with Gasteiger partial charge in [-0.25, -0.2) is 0 Å². The molecule has 7 heteroatoms. The fourth-order valence-electron chi connectivity index (χ4n) is 1.74. The summed E-state index contributed by atoms with van der Waals surface area (Å²) in [5, 5.41) is 10.9. The lowest BCUT2D eigenvalue weighted by molar-refractivity contribution is -0.658. The van der Waals surface area contributed by atoms with E-state index in [9.17, 15) is 18.0 Å². The number of ketones is 1. The standard InChI is InChI=1S/C13H8F3N3O/c1-8(20)11-6-12(13(14,15)16)18-19(11)10-4-2-3-9(5-10)7-17/h2-6H,1H3/p+1. The molecule has 0 saturated carbocycles. The van der Waals surface area contributed by atoms with Gasteiger partial charge in [0, 0.05) is 19.1 Å². The van der Waals surface area contributed by atoms with Gasteiger partial charge in [0.25, 0.3) is 5.69 Å². The highest BCUT2D eigenvalue weighted by Crippen LogP contribution is 2.27. The molecule has 102 valence electrons. The number of H-pyrrole nitrogens is 1. The number of nitrogens with zero attached hydrogens (tertiary/aromatic N) is 2. The second kappa shape index (κ2) is 4.81. The Morgan fingerprint density at radius 2 is 2.05 bits per heavy atom. The van der Waals surface area contributed by atoms with Crippen molar-refractivity contribution in [1.82, 2.24) is 5.10 Å². The van der Waals surface area contributed by atoms with Crippen LogP contribution < -0.4 is 4.68 Å². The third-order valence-electron chi connectivity index (χ3n) is 2.65. The summed E-state index contributed by atoms with van der Waals surface area (Å²) in [5.74, 6) is -0.515. The number of halogens is 3. The number of benzene rings is 1. The van der Waals surface area contributed by atoms with Crippen LogP contribution >= 0.6 is 0 Å². The maximum atomic E-state index is 12.7. The van der Waals surface area contributed by atoms with Gasteiger partial charge < -0.3 is 0 Å². The molecule has 0 aliphatic rings. The predicted octanol–water partition coefficient (Wildman–Crippen LogP) is 2.38. The molecular formula is C13H9F3N3O+. The second-order valence-corrected chi connectivity index (χ2v) is 4.11. The summed E-state index contributed by atoms with van der Waals surface area (Å²) >= 11 is 0. The first kappa shape index (κ1) is 13.8. The lowest BCUT2D eigenvalue weighted by atomic mass is 10.2. The van der Waals surface area contributed by atoms with E-state index in [0.29, 0.717) is 0 Å². The molecule has 0 saturated heterocycles. The van der Waals surface area contributed by atoms with Crippen molar-refractivity contribution < 1.29 is 22.6 Å². The van der Waals surface area contributed by atoms with Crippen molar-refractivity contribution in [3.8, 4) is 11.8 Å². The van der Waals surface area contributed by atoms with E-state index in [-0.39, 0.29) is 16.9 Å². The van der Waals surface area contributed by atoms with E-state index < -0.39 is 17.7 Å². The van der Waals surface area contributed by atoms with Crippen LogP contribution in [-0.2, 0) is 6.18 Å². The summed E-state index contributed by atoms with van der Waals surface area (Å²) in [5.41, 5.74) is -0.588. The van der Waals surface area contributed by atoms with Crippen LogP contribution in [0, 0.1) is 11.3 Å². The van der Waals surface area contributed by atoms with Gasteiger partial charge >= 0.3 is 6.18 Å². The summed E-state index contributed by atoms with van der Waals surface area (Å²) in [4.78, 5) is 11.5. The monoisotopic (exact) mass is 280 g/mol. The molecular weight excluding hydrogens is 271 g/mol. The zero-order valence-corrected chi connectivity index (χ0v) is 10.3. The Bertz CT molecular complexity index is 710. The number of hydrogen-bond donors (Lipinski definition) is 1. The van der Waals surface area contributed by atoms with Crippen LogP contribution in [0.15, 0.2) is 30.3 Å². The van der Waals surface area contributed by atoms with Crippen LogP contribution in [0.25, 0.3) is 5.69 Å². The number of nitriles is 1. The van der Waals surface area contributed by atoms with Crippen LogP contribution in [0.1, 0.15) is 28.7 Å². The van der Waals surface area contributed by atoms with Gasteiger partial charge in [0.15, 0.2) is 5.69 Å². The fraction of sp³-hybridized carbons (Fsp3) is 0.154. The Kier molecular flexibility index (Phi) is 3.32. The largest absolute Gasteiger partial charge is 0.436 e. The van der Waals surface area contributed by atoms with Gasteiger partial charge in [0.05, 0.1) is 17.7 Å². The van der Waals surface area contributed by atoms with Crippen LogP contribution in [0.5, 0.6) is 0 Å². The van der Waals surface area contributed by atoms with E-state index in [4.69, 9.17) is 5.26 Å². The molecule has 0 unspecified atom stereocenters. The van der Waals surface area contributed by atoms with Crippen molar-refractivity contribution in [3.05, 3.63) is 47.3 Å². The molecule has 0 amide bonds. The zero-order valence-electron chi connectivity index (χ0n) is 10.3. The van der Waals surface area contributed by atoms with Crippen molar-refractivity contribution in [2.75, 3.05) is 0 Å².